The molecule has 3 saturated heterocycles. The molecule has 1 unspecified atom stereocenters. The molecule has 3 aliphatic heterocycles. The van der Waals surface area contributed by atoms with Crippen LogP contribution in [-0.4, -0.2) is 60.0 Å². The van der Waals surface area contributed by atoms with Crippen molar-refractivity contribution in [3.8, 4) is 0 Å². The van der Waals surface area contributed by atoms with E-state index in [4.69, 9.17) is 4.74 Å². The van der Waals surface area contributed by atoms with Crippen molar-refractivity contribution in [2.45, 2.75) is 51.6 Å². The first-order chi connectivity index (χ1) is 10.5. The van der Waals surface area contributed by atoms with E-state index < -0.39 is 0 Å². The van der Waals surface area contributed by atoms with Crippen LogP contribution >= 0.6 is 0 Å². The van der Waals surface area contributed by atoms with Crippen molar-refractivity contribution in [2.75, 3.05) is 32.8 Å². The van der Waals surface area contributed by atoms with Gasteiger partial charge < -0.3 is 14.5 Å². The van der Waals surface area contributed by atoms with Crippen molar-refractivity contribution in [1.82, 2.24) is 9.80 Å². The van der Waals surface area contributed by atoms with Gasteiger partial charge in [0.05, 0.1) is 19.7 Å². The lowest BCUT2D eigenvalue weighted by molar-refractivity contribution is -0.192. The van der Waals surface area contributed by atoms with E-state index in [1.54, 1.807) is 0 Å². The van der Waals surface area contributed by atoms with Crippen LogP contribution in [0.4, 0.5) is 0 Å². The van der Waals surface area contributed by atoms with Crippen LogP contribution in [0.1, 0.15) is 46.0 Å². The molecule has 0 bridgehead atoms. The van der Waals surface area contributed by atoms with Crippen molar-refractivity contribution in [1.29, 1.82) is 0 Å². The number of carbonyl (C=O) groups is 2. The smallest absolute Gasteiger partial charge is 0.225 e. The van der Waals surface area contributed by atoms with E-state index in [0.29, 0.717) is 18.2 Å². The number of likely N-dealkylation sites (tertiary alicyclic amines) is 2. The molecule has 124 valence electrons. The highest BCUT2D eigenvalue weighted by Crippen LogP contribution is 2.37. The van der Waals surface area contributed by atoms with Crippen LogP contribution in [0.25, 0.3) is 0 Å². The fourth-order valence-electron chi connectivity index (χ4n) is 3.85. The average Bonchev–Trinajstić information content (AvgIpc) is 2.47. The maximum Gasteiger partial charge on any atom is 0.225 e. The molecule has 5 heteroatoms. The highest BCUT2D eigenvalue weighted by atomic mass is 16.5. The molecule has 0 saturated carbocycles. The standard InChI is InChI=1S/C17H28N2O3/c1-13(2)16(21)19-11-17(12-19)7-6-14(10-22-17)9-18-8-4-3-5-15(18)20/h13-14H,3-12H2,1-2H3. The molecular weight excluding hydrogens is 280 g/mol. The first-order valence-corrected chi connectivity index (χ1v) is 8.70. The Bertz CT molecular complexity index is 433. The summed E-state index contributed by atoms with van der Waals surface area (Å²) < 4.78 is 6.12. The van der Waals surface area contributed by atoms with Crippen LogP contribution in [0.3, 0.4) is 0 Å². The zero-order valence-electron chi connectivity index (χ0n) is 13.8. The summed E-state index contributed by atoms with van der Waals surface area (Å²) in [6.07, 6.45) is 5.01. The number of carbonyl (C=O) groups excluding carboxylic acids is 2. The summed E-state index contributed by atoms with van der Waals surface area (Å²) in [4.78, 5) is 27.8. The zero-order chi connectivity index (χ0) is 15.7. The van der Waals surface area contributed by atoms with Crippen LogP contribution in [0, 0.1) is 11.8 Å². The minimum atomic E-state index is -0.0903. The summed E-state index contributed by atoms with van der Waals surface area (Å²) in [5.41, 5.74) is -0.0903. The van der Waals surface area contributed by atoms with Gasteiger partial charge in [0.15, 0.2) is 0 Å². The lowest BCUT2D eigenvalue weighted by Gasteiger charge is -2.53. The fraction of sp³-hybridized carbons (Fsp3) is 0.882. The fourth-order valence-corrected chi connectivity index (χ4v) is 3.85. The maximum absolute atomic E-state index is 11.9. The molecular formula is C17H28N2O3. The SMILES string of the molecule is CC(C)C(=O)N1CC2(CCC(CN3CCCCC3=O)CO2)C1. The Morgan fingerprint density at radius 3 is 2.73 bits per heavy atom. The average molecular weight is 308 g/mol. The molecule has 2 amide bonds. The van der Waals surface area contributed by atoms with Crippen LogP contribution in [0.2, 0.25) is 0 Å². The van der Waals surface area contributed by atoms with Gasteiger partial charge in [-0.3, -0.25) is 9.59 Å². The second-order valence-electron chi connectivity index (χ2n) is 7.54. The van der Waals surface area contributed by atoms with E-state index in [0.717, 1.165) is 58.5 Å². The first-order valence-electron chi connectivity index (χ1n) is 8.70. The van der Waals surface area contributed by atoms with Crippen LogP contribution in [0.15, 0.2) is 0 Å². The van der Waals surface area contributed by atoms with Gasteiger partial charge in [-0.15, -0.1) is 0 Å². The van der Waals surface area contributed by atoms with Crippen molar-refractivity contribution in [3.05, 3.63) is 0 Å². The number of piperidine rings is 1. The highest BCUT2D eigenvalue weighted by Gasteiger charge is 2.48. The predicted octanol–water partition coefficient (Wildman–Crippen LogP) is 1.66. The molecule has 0 aromatic heterocycles. The quantitative estimate of drug-likeness (QED) is 0.797. The topological polar surface area (TPSA) is 49.9 Å². The Morgan fingerprint density at radius 2 is 2.14 bits per heavy atom. The third-order valence-electron chi connectivity index (χ3n) is 5.30. The van der Waals surface area contributed by atoms with E-state index in [9.17, 15) is 9.59 Å². The van der Waals surface area contributed by atoms with Crippen LogP contribution in [-0.2, 0) is 14.3 Å². The summed E-state index contributed by atoms with van der Waals surface area (Å²) in [7, 11) is 0. The molecule has 0 aromatic rings. The number of rotatable bonds is 3. The maximum atomic E-state index is 11.9. The van der Waals surface area contributed by atoms with Gasteiger partial charge in [-0.2, -0.15) is 0 Å². The molecule has 5 nitrogen and oxygen atoms in total. The summed E-state index contributed by atoms with van der Waals surface area (Å²) in [6.45, 7) is 7.88. The van der Waals surface area contributed by atoms with E-state index in [2.05, 4.69) is 0 Å². The Hall–Kier alpha value is -1.10. The number of hydrogen-bond donors (Lipinski definition) is 0. The van der Waals surface area contributed by atoms with Crippen molar-refractivity contribution < 1.29 is 14.3 Å². The third kappa shape index (κ3) is 3.14. The zero-order valence-corrected chi connectivity index (χ0v) is 13.8. The molecule has 1 atom stereocenters. The number of nitrogens with zero attached hydrogens (tertiary/aromatic N) is 2. The summed E-state index contributed by atoms with van der Waals surface area (Å²) in [5, 5.41) is 0. The molecule has 22 heavy (non-hydrogen) atoms. The van der Waals surface area contributed by atoms with Crippen LogP contribution in [0.5, 0.6) is 0 Å². The number of hydrogen-bond acceptors (Lipinski definition) is 3. The van der Waals surface area contributed by atoms with Gasteiger partial charge in [0, 0.05) is 31.3 Å². The van der Waals surface area contributed by atoms with Gasteiger partial charge in [-0.1, -0.05) is 13.8 Å². The number of ether oxygens (including phenoxy) is 1. The van der Waals surface area contributed by atoms with Crippen LogP contribution < -0.4 is 0 Å². The molecule has 0 aliphatic carbocycles. The minimum Gasteiger partial charge on any atom is -0.371 e. The highest BCUT2D eigenvalue weighted by molar-refractivity contribution is 5.79. The van der Waals surface area contributed by atoms with Gasteiger partial charge in [0.25, 0.3) is 0 Å². The largest absolute Gasteiger partial charge is 0.371 e. The van der Waals surface area contributed by atoms with Crippen molar-refractivity contribution >= 4 is 11.8 Å². The molecule has 1 spiro atoms. The Labute approximate surface area is 133 Å². The van der Waals surface area contributed by atoms with Crippen molar-refractivity contribution in [2.24, 2.45) is 11.8 Å². The van der Waals surface area contributed by atoms with E-state index >= 15 is 0 Å². The van der Waals surface area contributed by atoms with Crippen molar-refractivity contribution in [3.63, 3.8) is 0 Å². The molecule has 0 N–H and O–H groups in total. The minimum absolute atomic E-state index is 0.0683. The van der Waals surface area contributed by atoms with E-state index in [1.807, 2.05) is 23.6 Å². The normalized spacial score (nSPS) is 28.1. The van der Waals surface area contributed by atoms with Gasteiger partial charge in [-0.25, -0.2) is 0 Å². The molecule has 0 radical (unpaired) electrons. The van der Waals surface area contributed by atoms with E-state index in [1.165, 1.54) is 0 Å². The molecule has 3 fully saturated rings. The van der Waals surface area contributed by atoms with E-state index in [-0.39, 0.29) is 17.4 Å². The summed E-state index contributed by atoms with van der Waals surface area (Å²) in [5.74, 6) is 1.07. The summed E-state index contributed by atoms with van der Waals surface area (Å²) >= 11 is 0. The van der Waals surface area contributed by atoms with Gasteiger partial charge in [0.2, 0.25) is 11.8 Å². The third-order valence-corrected chi connectivity index (χ3v) is 5.30. The van der Waals surface area contributed by atoms with Gasteiger partial charge in [-0.05, 0) is 25.7 Å². The number of amides is 2. The molecule has 0 aromatic carbocycles. The lowest BCUT2D eigenvalue weighted by atomic mass is 9.82. The molecule has 3 rings (SSSR count). The second kappa shape index (κ2) is 6.19. The second-order valence-corrected chi connectivity index (χ2v) is 7.54. The summed E-state index contributed by atoms with van der Waals surface area (Å²) in [6, 6.07) is 0. The lowest BCUT2D eigenvalue weighted by Crippen LogP contribution is -2.67. The Balaban J connectivity index is 1.44. The first kappa shape index (κ1) is 15.8. The monoisotopic (exact) mass is 308 g/mol. The van der Waals surface area contributed by atoms with Gasteiger partial charge >= 0.3 is 0 Å². The Kier molecular flexibility index (Phi) is 4.44. The van der Waals surface area contributed by atoms with Gasteiger partial charge in [0.1, 0.15) is 5.60 Å². The Morgan fingerprint density at radius 1 is 1.36 bits per heavy atom. The molecule has 3 heterocycles. The molecule has 3 aliphatic rings. The predicted molar refractivity (Wildman–Crippen MR) is 83.3 cm³/mol.